The summed E-state index contributed by atoms with van der Waals surface area (Å²) < 4.78 is 11.2. The molecule has 0 radical (unpaired) electrons. The second-order valence-electron chi connectivity index (χ2n) is 5.29. The van der Waals surface area contributed by atoms with Crippen molar-refractivity contribution in [3.8, 4) is 11.5 Å². The van der Waals surface area contributed by atoms with Crippen molar-refractivity contribution in [2.75, 3.05) is 13.2 Å². The van der Waals surface area contributed by atoms with Crippen molar-refractivity contribution in [3.05, 3.63) is 23.8 Å². The Hall–Kier alpha value is -1.22. The standard InChI is InChI=1S/C16H25NO2/c1-4-18-14-9-8-13(10-15(14)19-5-2)16(17)11(3)12-6-7-12/h8-12,16H,4-7,17H2,1-3H3. The Morgan fingerprint density at radius 3 is 2.37 bits per heavy atom. The van der Waals surface area contributed by atoms with Crippen molar-refractivity contribution in [1.82, 2.24) is 0 Å². The van der Waals surface area contributed by atoms with Gasteiger partial charge in [0.15, 0.2) is 11.5 Å². The van der Waals surface area contributed by atoms with Crippen molar-refractivity contribution >= 4 is 0 Å². The maximum absolute atomic E-state index is 6.37. The van der Waals surface area contributed by atoms with Crippen molar-refractivity contribution in [3.63, 3.8) is 0 Å². The molecule has 0 spiro atoms. The van der Waals surface area contributed by atoms with E-state index in [1.807, 2.05) is 26.0 Å². The molecule has 2 rings (SSSR count). The Bertz CT molecular complexity index is 415. The summed E-state index contributed by atoms with van der Waals surface area (Å²) in [6, 6.07) is 6.17. The Kier molecular flexibility index (Phi) is 4.70. The van der Waals surface area contributed by atoms with Gasteiger partial charge in [0.1, 0.15) is 0 Å². The van der Waals surface area contributed by atoms with Gasteiger partial charge in [-0.2, -0.15) is 0 Å². The third-order valence-corrected chi connectivity index (χ3v) is 3.88. The van der Waals surface area contributed by atoms with Crippen LogP contribution in [0.25, 0.3) is 0 Å². The predicted octanol–water partition coefficient (Wildman–Crippen LogP) is 3.53. The maximum atomic E-state index is 6.37. The summed E-state index contributed by atoms with van der Waals surface area (Å²) in [6.07, 6.45) is 2.65. The minimum atomic E-state index is 0.0855. The van der Waals surface area contributed by atoms with E-state index < -0.39 is 0 Å². The van der Waals surface area contributed by atoms with Gasteiger partial charge in [-0.25, -0.2) is 0 Å². The Labute approximate surface area is 116 Å². The van der Waals surface area contributed by atoms with Crippen LogP contribution in [0.15, 0.2) is 18.2 Å². The summed E-state index contributed by atoms with van der Waals surface area (Å²) in [5.41, 5.74) is 7.52. The number of hydrogen-bond donors (Lipinski definition) is 1. The van der Waals surface area contributed by atoms with Crippen molar-refractivity contribution in [2.24, 2.45) is 17.6 Å². The van der Waals surface area contributed by atoms with Gasteiger partial charge in [0.05, 0.1) is 13.2 Å². The number of benzene rings is 1. The Morgan fingerprint density at radius 2 is 1.79 bits per heavy atom. The summed E-state index contributed by atoms with van der Waals surface area (Å²) in [6.45, 7) is 7.49. The van der Waals surface area contributed by atoms with E-state index in [2.05, 4.69) is 13.0 Å². The highest BCUT2D eigenvalue weighted by Gasteiger charge is 2.32. The molecule has 2 unspecified atom stereocenters. The van der Waals surface area contributed by atoms with Gasteiger partial charge in [0.2, 0.25) is 0 Å². The van der Waals surface area contributed by atoms with Crippen LogP contribution in [0.2, 0.25) is 0 Å². The third kappa shape index (κ3) is 3.41. The molecule has 0 amide bonds. The van der Waals surface area contributed by atoms with E-state index in [0.29, 0.717) is 19.1 Å². The molecular formula is C16H25NO2. The quantitative estimate of drug-likeness (QED) is 0.818. The summed E-state index contributed by atoms with van der Waals surface area (Å²) >= 11 is 0. The first-order valence-corrected chi connectivity index (χ1v) is 7.32. The second kappa shape index (κ2) is 6.29. The van der Waals surface area contributed by atoms with Crippen molar-refractivity contribution < 1.29 is 9.47 Å². The molecule has 3 nitrogen and oxygen atoms in total. The highest BCUT2D eigenvalue weighted by Crippen LogP contribution is 2.42. The predicted molar refractivity (Wildman–Crippen MR) is 77.6 cm³/mol. The van der Waals surface area contributed by atoms with Crippen LogP contribution in [0, 0.1) is 11.8 Å². The molecule has 0 aromatic heterocycles. The average molecular weight is 263 g/mol. The first kappa shape index (κ1) is 14.2. The monoisotopic (exact) mass is 263 g/mol. The fraction of sp³-hybridized carbons (Fsp3) is 0.625. The lowest BCUT2D eigenvalue weighted by Gasteiger charge is -2.21. The molecule has 1 saturated carbocycles. The zero-order valence-corrected chi connectivity index (χ0v) is 12.2. The fourth-order valence-corrected chi connectivity index (χ4v) is 2.49. The normalized spacial score (nSPS) is 17.9. The molecule has 0 saturated heterocycles. The zero-order chi connectivity index (χ0) is 13.8. The minimum absolute atomic E-state index is 0.0855. The minimum Gasteiger partial charge on any atom is -0.490 e. The molecule has 1 aromatic rings. The molecule has 0 bridgehead atoms. The topological polar surface area (TPSA) is 44.5 Å². The van der Waals surface area contributed by atoms with Crippen LogP contribution >= 0.6 is 0 Å². The lowest BCUT2D eigenvalue weighted by Crippen LogP contribution is -2.20. The Morgan fingerprint density at radius 1 is 1.16 bits per heavy atom. The zero-order valence-electron chi connectivity index (χ0n) is 12.2. The van der Waals surface area contributed by atoms with Crippen molar-refractivity contribution in [1.29, 1.82) is 0 Å². The molecule has 2 atom stereocenters. The molecule has 0 heterocycles. The molecule has 1 fully saturated rings. The third-order valence-electron chi connectivity index (χ3n) is 3.88. The van der Waals surface area contributed by atoms with Gasteiger partial charge in [-0.05, 0) is 56.2 Å². The van der Waals surface area contributed by atoms with Gasteiger partial charge < -0.3 is 15.2 Å². The summed E-state index contributed by atoms with van der Waals surface area (Å²) in [7, 11) is 0. The van der Waals surface area contributed by atoms with Gasteiger partial charge in [0.25, 0.3) is 0 Å². The first-order valence-electron chi connectivity index (χ1n) is 7.32. The highest BCUT2D eigenvalue weighted by molar-refractivity contribution is 5.44. The maximum Gasteiger partial charge on any atom is 0.161 e. The van der Waals surface area contributed by atoms with E-state index in [4.69, 9.17) is 15.2 Å². The average Bonchev–Trinajstić information content (AvgIpc) is 3.24. The summed E-state index contributed by atoms with van der Waals surface area (Å²) in [5.74, 6) is 2.95. The lowest BCUT2D eigenvalue weighted by atomic mass is 9.91. The van der Waals surface area contributed by atoms with E-state index in [-0.39, 0.29) is 6.04 Å². The van der Waals surface area contributed by atoms with E-state index in [0.717, 1.165) is 23.0 Å². The number of hydrogen-bond acceptors (Lipinski definition) is 3. The number of nitrogens with two attached hydrogens (primary N) is 1. The van der Waals surface area contributed by atoms with Gasteiger partial charge in [-0.3, -0.25) is 0 Å². The SMILES string of the molecule is CCOc1ccc(C(N)C(C)C2CC2)cc1OCC. The van der Waals surface area contributed by atoms with E-state index >= 15 is 0 Å². The lowest BCUT2D eigenvalue weighted by molar-refractivity contribution is 0.286. The fourth-order valence-electron chi connectivity index (χ4n) is 2.49. The molecule has 106 valence electrons. The molecule has 1 aliphatic rings. The molecule has 2 N–H and O–H groups in total. The molecule has 19 heavy (non-hydrogen) atoms. The molecule has 1 aliphatic carbocycles. The van der Waals surface area contributed by atoms with Crippen LogP contribution < -0.4 is 15.2 Å². The molecular weight excluding hydrogens is 238 g/mol. The highest BCUT2D eigenvalue weighted by atomic mass is 16.5. The second-order valence-corrected chi connectivity index (χ2v) is 5.29. The largest absolute Gasteiger partial charge is 0.490 e. The van der Waals surface area contributed by atoms with E-state index in [9.17, 15) is 0 Å². The van der Waals surface area contributed by atoms with Crippen LogP contribution in [0.4, 0.5) is 0 Å². The summed E-state index contributed by atoms with van der Waals surface area (Å²) in [5, 5.41) is 0. The van der Waals surface area contributed by atoms with Gasteiger partial charge in [-0.1, -0.05) is 13.0 Å². The van der Waals surface area contributed by atoms with Gasteiger partial charge in [0, 0.05) is 6.04 Å². The number of ether oxygens (including phenoxy) is 2. The molecule has 3 heteroatoms. The van der Waals surface area contributed by atoms with E-state index in [1.54, 1.807) is 0 Å². The number of rotatable bonds is 7. The van der Waals surface area contributed by atoms with Crippen LogP contribution in [0.3, 0.4) is 0 Å². The van der Waals surface area contributed by atoms with Crippen molar-refractivity contribution in [2.45, 2.75) is 39.7 Å². The first-order chi connectivity index (χ1) is 9.17. The van der Waals surface area contributed by atoms with Crippen LogP contribution in [-0.2, 0) is 0 Å². The molecule has 1 aromatic carbocycles. The Balaban J connectivity index is 2.18. The molecule has 0 aliphatic heterocycles. The van der Waals surface area contributed by atoms with E-state index in [1.165, 1.54) is 12.8 Å². The summed E-state index contributed by atoms with van der Waals surface area (Å²) in [4.78, 5) is 0. The van der Waals surface area contributed by atoms with Crippen LogP contribution in [0.5, 0.6) is 11.5 Å². The smallest absolute Gasteiger partial charge is 0.161 e. The van der Waals surface area contributed by atoms with Gasteiger partial charge in [-0.15, -0.1) is 0 Å². The van der Waals surface area contributed by atoms with Crippen LogP contribution in [-0.4, -0.2) is 13.2 Å². The van der Waals surface area contributed by atoms with Gasteiger partial charge >= 0.3 is 0 Å². The van der Waals surface area contributed by atoms with Crippen LogP contribution in [0.1, 0.15) is 45.2 Å².